The number of thioether (sulfide) groups is 1. The molecule has 1 saturated heterocycles. The predicted octanol–water partition coefficient (Wildman–Crippen LogP) is 3.52. The maximum Gasteiger partial charge on any atom is 0.263 e. The topological polar surface area (TPSA) is 73.2 Å². The summed E-state index contributed by atoms with van der Waals surface area (Å²) in [5, 5.41) is 4.27. The van der Waals surface area contributed by atoms with E-state index in [1.54, 1.807) is 15.9 Å². The third-order valence-electron chi connectivity index (χ3n) is 5.03. The number of nitrogens with one attached hydrogen (secondary N) is 1. The number of nitrogens with zero attached hydrogens (tertiary/aromatic N) is 2. The molecule has 1 N–H and O–H groups in total. The number of rotatable bonds is 9. The molecule has 2 aromatic heterocycles. The van der Waals surface area contributed by atoms with Crippen molar-refractivity contribution in [1.29, 1.82) is 0 Å². The molecule has 1 fully saturated rings. The van der Waals surface area contributed by atoms with E-state index in [1.807, 2.05) is 6.92 Å². The Morgan fingerprint density at radius 2 is 2.25 bits per heavy atom. The molecule has 1 amide bonds. The lowest BCUT2D eigenvalue weighted by Crippen LogP contribution is -2.30. The highest BCUT2D eigenvalue weighted by Crippen LogP contribution is 2.30. The number of hydrogen-bond acceptors (Lipinski definition) is 6. The summed E-state index contributed by atoms with van der Waals surface area (Å²) in [5.74, 6) is 0.242. The highest BCUT2D eigenvalue weighted by molar-refractivity contribution is 7.99. The summed E-state index contributed by atoms with van der Waals surface area (Å²) in [6.45, 7) is 8.14. The van der Waals surface area contributed by atoms with Crippen molar-refractivity contribution in [3.8, 4) is 0 Å². The van der Waals surface area contributed by atoms with Crippen LogP contribution in [0.2, 0.25) is 0 Å². The maximum atomic E-state index is 13.3. The zero-order valence-electron chi connectivity index (χ0n) is 16.9. The Morgan fingerprint density at radius 1 is 1.43 bits per heavy atom. The van der Waals surface area contributed by atoms with Crippen molar-refractivity contribution in [2.45, 2.75) is 70.7 Å². The molecule has 0 aromatic carbocycles. The van der Waals surface area contributed by atoms with E-state index in [0.717, 1.165) is 59.4 Å². The summed E-state index contributed by atoms with van der Waals surface area (Å²) in [6.07, 6.45) is 4.85. The Kier molecular flexibility index (Phi) is 7.54. The first-order valence-electron chi connectivity index (χ1n) is 10.1. The third-order valence-corrected chi connectivity index (χ3v) is 7.04. The van der Waals surface area contributed by atoms with Gasteiger partial charge in [0, 0.05) is 18.0 Å². The van der Waals surface area contributed by atoms with Crippen LogP contribution < -0.4 is 10.9 Å². The lowest BCUT2D eigenvalue weighted by atomic mass is 10.1. The molecule has 154 valence electrons. The van der Waals surface area contributed by atoms with Gasteiger partial charge in [0.15, 0.2) is 5.16 Å². The van der Waals surface area contributed by atoms with E-state index in [2.05, 4.69) is 19.2 Å². The van der Waals surface area contributed by atoms with Gasteiger partial charge in [0.2, 0.25) is 5.91 Å². The van der Waals surface area contributed by atoms with Crippen LogP contribution in [0.4, 0.5) is 0 Å². The Hall–Kier alpha value is -1.38. The van der Waals surface area contributed by atoms with Gasteiger partial charge in [-0.05, 0) is 38.2 Å². The van der Waals surface area contributed by atoms with Crippen molar-refractivity contribution in [2.75, 3.05) is 18.9 Å². The van der Waals surface area contributed by atoms with Gasteiger partial charge in [-0.2, -0.15) is 0 Å². The van der Waals surface area contributed by atoms with Crippen LogP contribution in [0.5, 0.6) is 0 Å². The van der Waals surface area contributed by atoms with Gasteiger partial charge >= 0.3 is 0 Å². The van der Waals surface area contributed by atoms with Crippen molar-refractivity contribution in [2.24, 2.45) is 0 Å². The number of fused-ring (bicyclic) bond motifs is 1. The molecule has 8 heteroatoms. The quantitative estimate of drug-likeness (QED) is 0.380. The second kappa shape index (κ2) is 9.89. The molecule has 6 nitrogen and oxygen atoms in total. The molecule has 0 spiro atoms. The van der Waals surface area contributed by atoms with Crippen molar-refractivity contribution >= 4 is 39.2 Å². The number of aryl methyl sites for hydroxylation is 2. The van der Waals surface area contributed by atoms with Gasteiger partial charge in [0.1, 0.15) is 4.83 Å². The first-order chi connectivity index (χ1) is 13.5. The second-order valence-electron chi connectivity index (χ2n) is 7.11. The van der Waals surface area contributed by atoms with Crippen LogP contribution in [0.25, 0.3) is 10.2 Å². The summed E-state index contributed by atoms with van der Waals surface area (Å²) in [7, 11) is 0. The monoisotopic (exact) mass is 423 g/mol. The zero-order valence-corrected chi connectivity index (χ0v) is 18.5. The van der Waals surface area contributed by atoms with E-state index in [4.69, 9.17) is 9.72 Å². The van der Waals surface area contributed by atoms with Crippen molar-refractivity contribution < 1.29 is 9.53 Å². The van der Waals surface area contributed by atoms with Crippen LogP contribution in [0, 0.1) is 6.92 Å². The van der Waals surface area contributed by atoms with Gasteiger partial charge < -0.3 is 10.1 Å². The lowest BCUT2D eigenvalue weighted by Gasteiger charge is -2.16. The average Bonchev–Trinajstić information content (AvgIpc) is 3.29. The lowest BCUT2D eigenvalue weighted by molar-refractivity contribution is -0.118. The molecule has 0 aliphatic carbocycles. The van der Waals surface area contributed by atoms with Crippen molar-refractivity contribution in [3.05, 3.63) is 20.8 Å². The summed E-state index contributed by atoms with van der Waals surface area (Å²) in [4.78, 5) is 32.2. The second-order valence-corrected chi connectivity index (χ2v) is 9.25. The molecule has 1 aliphatic rings. The van der Waals surface area contributed by atoms with Crippen LogP contribution >= 0.6 is 23.1 Å². The first-order valence-corrected chi connectivity index (χ1v) is 11.9. The highest BCUT2D eigenvalue weighted by atomic mass is 32.2. The number of hydrogen-bond donors (Lipinski definition) is 1. The van der Waals surface area contributed by atoms with E-state index in [0.29, 0.717) is 18.2 Å². The van der Waals surface area contributed by atoms with E-state index in [9.17, 15) is 9.59 Å². The molecule has 2 aromatic rings. The van der Waals surface area contributed by atoms with Crippen LogP contribution in [0.15, 0.2) is 9.95 Å². The number of ether oxygens (including phenoxy) is 1. The molecule has 0 saturated carbocycles. The third kappa shape index (κ3) is 4.78. The van der Waals surface area contributed by atoms with Gasteiger partial charge in [0.05, 0.1) is 23.8 Å². The summed E-state index contributed by atoms with van der Waals surface area (Å²) >= 11 is 2.90. The number of unbranched alkanes of at least 4 members (excludes halogenated alkanes) is 1. The highest BCUT2D eigenvalue weighted by Gasteiger charge is 2.23. The molecule has 0 bridgehead atoms. The van der Waals surface area contributed by atoms with E-state index >= 15 is 0 Å². The fourth-order valence-electron chi connectivity index (χ4n) is 3.51. The number of carbonyl (C=O) groups excluding carboxylic acids is 1. The standard InChI is InChI=1S/C20H29N3O3S2/c1-4-6-9-21-16(24)12-27-20-22-18-17(15(5-2)13(3)28-18)19(25)23(20)11-14-8-7-10-26-14/h14H,4-12H2,1-3H3,(H,21,24). The molecule has 1 unspecified atom stereocenters. The summed E-state index contributed by atoms with van der Waals surface area (Å²) in [6, 6.07) is 0. The molecular formula is C20H29N3O3S2. The smallest absolute Gasteiger partial charge is 0.263 e. The molecule has 3 rings (SSSR count). The van der Waals surface area contributed by atoms with E-state index in [-0.39, 0.29) is 23.3 Å². The van der Waals surface area contributed by atoms with Gasteiger partial charge in [-0.3, -0.25) is 14.2 Å². The molecule has 3 heterocycles. The van der Waals surface area contributed by atoms with Crippen LogP contribution in [0.1, 0.15) is 50.0 Å². The molecule has 1 atom stereocenters. The summed E-state index contributed by atoms with van der Waals surface area (Å²) in [5.41, 5.74) is 1.09. The van der Waals surface area contributed by atoms with Crippen LogP contribution in [0.3, 0.4) is 0 Å². The normalized spacial score (nSPS) is 16.8. The minimum Gasteiger partial charge on any atom is -0.376 e. The van der Waals surface area contributed by atoms with Gasteiger partial charge in [-0.25, -0.2) is 4.98 Å². The Morgan fingerprint density at radius 3 is 2.93 bits per heavy atom. The molecular weight excluding hydrogens is 394 g/mol. The number of thiophene rings is 1. The zero-order chi connectivity index (χ0) is 20.1. The largest absolute Gasteiger partial charge is 0.376 e. The van der Waals surface area contributed by atoms with Crippen molar-refractivity contribution in [1.82, 2.24) is 14.9 Å². The number of aromatic nitrogens is 2. The molecule has 28 heavy (non-hydrogen) atoms. The Bertz CT molecular complexity index is 885. The minimum absolute atomic E-state index is 0.00408. The number of carbonyl (C=O) groups is 1. The fraction of sp³-hybridized carbons (Fsp3) is 0.650. The van der Waals surface area contributed by atoms with Gasteiger partial charge in [-0.1, -0.05) is 32.0 Å². The Balaban J connectivity index is 1.90. The first kappa shape index (κ1) is 21.3. The van der Waals surface area contributed by atoms with Gasteiger partial charge in [-0.15, -0.1) is 11.3 Å². The molecule has 0 radical (unpaired) electrons. The number of amides is 1. The van der Waals surface area contributed by atoms with Crippen LogP contribution in [-0.2, 0) is 22.5 Å². The minimum atomic E-state index is -0.0203. The average molecular weight is 424 g/mol. The van der Waals surface area contributed by atoms with Crippen molar-refractivity contribution in [3.63, 3.8) is 0 Å². The van der Waals surface area contributed by atoms with Gasteiger partial charge in [0.25, 0.3) is 5.56 Å². The van der Waals surface area contributed by atoms with Crippen LogP contribution in [-0.4, -0.2) is 40.5 Å². The Labute approximate surface area is 174 Å². The SMILES string of the molecule is CCCCNC(=O)CSc1nc2sc(C)c(CC)c2c(=O)n1CC1CCCO1. The molecule has 1 aliphatic heterocycles. The van der Waals surface area contributed by atoms with E-state index < -0.39 is 0 Å². The fourth-order valence-corrected chi connectivity index (χ4v) is 5.50. The maximum absolute atomic E-state index is 13.3. The summed E-state index contributed by atoms with van der Waals surface area (Å²) < 4.78 is 7.49. The van der Waals surface area contributed by atoms with E-state index in [1.165, 1.54) is 11.8 Å². The predicted molar refractivity (Wildman–Crippen MR) is 116 cm³/mol.